The van der Waals surface area contributed by atoms with Crippen molar-refractivity contribution in [3.63, 3.8) is 0 Å². The summed E-state index contributed by atoms with van der Waals surface area (Å²) in [7, 11) is 0. The highest BCUT2D eigenvalue weighted by Gasteiger charge is 2.24. The third-order valence-corrected chi connectivity index (χ3v) is 6.16. The van der Waals surface area contributed by atoms with Crippen LogP contribution in [0, 0.1) is 16.0 Å². The molecular weight excluding hydrogens is 410 g/mol. The van der Waals surface area contributed by atoms with E-state index in [1.807, 2.05) is 17.0 Å². The first kappa shape index (κ1) is 22.0. The second kappa shape index (κ2) is 9.95. The molecule has 9 nitrogen and oxygen atoms in total. The van der Waals surface area contributed by atoms with E-state index >= 15 is 0 Å². The number of nitro benzene ring substituents is 1. The highest BCUT2D eigenvalue weighted by molar-refractivity contribution is 5.95. The highest BCUT2D eigenvalue weighted by Crippen LogP contribution is 2.32. The summed E-state index contributed by atoms with van der Waals surface area (Å²) in [6, 6.07) is 8.60. The molecule has 2 fully saturated rings. The molecule has 2 saturated heterocycles. The van der Waals surface area contributed by atoms with Gasteiger partial charge in [-0.25, -0.2) is 4.98 Å². The smallest absolute Gasteiger partial charge is 0.293 e. The summed E-state index contributed by atoms with van der Waals surface area (Å²) < 4.78 is 5.36. The van der Waals surface area contributed by atoms with E-state index in [1.165, 1.54) is 6.07 Å². The number of anilines is 2. The van der Waals surface area contributed by atoms with Crippen LogP contribution >= 0.6 is 0 Å². The highest BCUT2D eigenvalue weighted by atomic mass is 16.6. The first-order chi connectivity index (χ1) is 15.5. The largest absolute Gasteiger partial charge is 0.378 e. The minimum absolute atomic E-state index is 0.0243. The number of nitrogens with zero attached hydrogens (tertiary/aromatic N) is 4. The maximum atomic E-state index is 12.6. The van der Waals surface area contributed by atoms with E-state index in [4.69, 9.17) is 4.74 Å². The van der Waals surface area contributed by atoms with Crippen molar-refractivity contribution >= 4 is 23.1 Å². The molecule has 0 unspecified atom stereocenters. The third-order valence-electron chi connectivity index (χ3n) is 6.16. The van der Waals surface area contributed by atoms with Crippen LogP contribution in [0.2, 0.25) is 0 Å². The van der Waals surface area contributed by atoms with Crippen molar-refractivity contribution < 1.29 is 14.5 Å². The van der Waals surface area contributed by atoms with Crippen molar-refractivity contribution in [2.75, 3.05) is 49.2 Å². The van der Waals surface area contributed by atoms with Gasteiger partial charge in [0.1, 0.15) is 11.5 Å². The van der Waals surface area contributed by atoms with Crippen LogP contribution < -0.4 is 15.1 Å². The zero-order valence-electron chi connectivity index (χ0n) is 18.3. The summed E-state index contributed by atoms with van der Waals surface area (Å²) in [6.45, 7) is 7.10. The Hall–Kier alpha value is -3.20. The maximum Gasteiger partial charge on any atom is 0.293 e. The molecule has 0 saturated carbocycles. The lowest BCUT2D eigenvalue weighted by Gasteiger charge is -2.31. The molecule has 1 N–H and O–H groups in total. The summed E-state index contributed by atoms with van der Waals surface area (Å²) >= 11 is 0. The maximum absolute atomic E-state index is 12.6. The molecule has 32 heavy (non-hydrogen) atoms. The number of ether oxygens (including phenoxy) is 1. The molecule has 0 spiro atoms. The lowest BCUT2D eigenvalue weighted by atomic mass is 9.98. The number of hydrogen-bond acceptors (Lipinski definition) is 7. The Balaban J connectivity index is 1.39. The van der Waals surface area contributed by atoms with Gasteiger partial charge >= 0.3 is 0 Å². The Morgan fingerprint density at radius 2 is 1.91 bits per heavy atom. The molecule has 0 radical (unpaired) electrons. The van der Waals surface area contributed by atoms with Crippen molar-refractivity contribution in [3.05, 3.63) is 57.8 Å². The van der Waals surface area contributed by atoms with Crippen molar-refractivity contribution in [3.8, 4) is 0 Å². The van der Waals surface area contributed by atoms with E-state index in [0.29, 0.717) is 31.4 Å². The first-order valence-corrected chi connectivity index (χ1v) is 11.1. The van der Waals surface area contributed by atoms with Crippen LogP contribution in [0.5, 0.6) is 0 Å². The first-order valence-electron chi connectivity index (χ1n) is 11.1. The number of benzene rings is 1. The Bertz CT molecular complexity index is 951. The summed E-state index contributed by atoms with van der Waals surface area (Å²) in [6.07, 6.45) is 3.77. The summed E-state index contributed by atoms with van der Waals surface area (Å²) in [5.74, 6) is 1.18. The molecule has 1 aromatic carbocycles. The number of aromatic nitrogens is 1. The molecular formula is C23H29N5O4. The van der Waals surface area contributed by atoms with Crippen molar-refractivity contribution in [1.82, 2.24) is 10.3 Å². The fourth-order valence-electron chi connectivity index (χ4n) is 4.11. The van der Waals surface area contributed by atoms with E-state index in [0.717, 1.165) is 50.4 Å². The minimum atomic E-state index is -0.404. The van der Waals surface area contributed by atoms with E-state index in [9.17, 15) is 14.9 Å². The van der Waals surface area contributed by atoms with Crippen LogP contribution in [0.3, 0.4) is 0 Å². The van der Waals surface area contributed by atoms with Crippen molar-refractivity contribution in [2.24, 2.45) is 5.92 Å². The fourth-order valence-corrected chi connectivity index (χ4v) is 4.11. The molecule has 9 heteroatoms. The summed E-state index contributed by atoms with van der Waals surface area (Å²) in [5, 5.41) is 14.5. The fraction of sp³-hybridized carbons (Fsp3) is 0.478. The predicted molar refractivity (Wildman–Crippen MR) is 122 cm³/mol. The van der Waals surface area contributed by atoms with E-state index < -0.39 is 4.92 Å². The van der Waals surface area contributed by atoms with Gasteiger partial charge in [0.15, 0.2) is 0 Å². The molecule has 0 aliphatic carbocycles. The van der Waals surface area contributed by atoms with Crippen LogP contribution in [0.1, 0.15) is 35.7 Å². The Labute approximate surface area is 187 Å². The van der Waals surface area contributed by atoms with E-state index in [-0.39, 0.29) is 17.2 Å². The number of hydrogen-bond donors (Lipinski definition) is 1. The van der Waals surface area contributed by atoms with Crippen LogP contribution in [0.4, 0.5) is 17.2 Å². The average Bonchev–Trinajstić information content (AvgIpc) is 2.83. The van der Waals surface area contributed by atoms with Crippen LogP contribution in [-0.2, 0) is 11.3 Å². The number of morpholine rings is 1. The zero-order chi connectivity index (χ0) is 22.5. The van der Waals surface area contributed by atoms with Gasteiger partial charge in [-0.3, -0.25) is 14.9 Å². The molecule has 0 atom stereocenters. The SMILES string of the molecule is CC1CCN(c2ccc(C(=O)NCc3ccc(N4CCOCC4)nc3)cc2[N+](=O)[O-])CC1. The number of carbonyl (C=O) groups is 1. The Morgan fingerprint density at radius 3 is 2.56 bits per heavy atom. The molecule has 2 aliphatic heterocycles. The van der Waals surface area contributed by atoms with Crippen LogP contribution in [0.15, 0.2) is 36.5 Å². The molecule has 2 aromatic rings. The Kier molecular flexibility index (Phi) is 6.84. The number of carbonyl (C=O) groups excluding carboxylic acids is 1. The average molecular weight is 440 g/mol. The quantitative estimate of drug-likeness (QED) is 0.545. The zero-order valence-corrected chi connectivity index (χ0v) is 18.3. The van der Waals surface area contributed by atoms with Crippen LogP contribution in [0.25, 0.3) is 0 Å². The lowest BCUT2D eigenvalue weighted by molar-refractivity contribution is -0.384. The normalized spacial score (nSPS) is 17.3. The topological polar surface area (TPSA) is 101 Å². The number of piperidine rings is 1. The molecule has 1 amide bonds. The molecule has 4 rings (SSSR count). The summed E-state index contributed by atoms with van der Waals surface area (Å²) in [5.41, 5.74) is 1.71. The number of rotatable bonds is 6. The third kappa shape index (κ3) is 5.16. The second-order valence-corrected chi connectivity index (χ2v) is 8.44. The van der Waals surface area contributed by atoms with Gasteiger partial charge in [0.25, 0.3) is 11.6 Å². The minimum Gasteiger partial charge on any atom is -0.378 e. The molecule has 170 valence electrons. The number of amides is 1. The van der Waals surface area contributed by atoms with Gasteiger partial charge in [0.05, 0.1) is 18.1 Å². The van der Waals surface area contributed by atoms with Gasteiger partial charge in [0.2, 0.25) is 0 Å². The van der Waals surface area contributed by atoms with Gasteiger partial charge in [0, 0.05) is 50.6 Å². The molecule has 0 bridgehead atoms. The predicted octanol–water partition coefficient (Wildman–Crippen LogP) is 2.99. The van der Waals surface area contributed by atoms with Gasteiger partial charge in [-0.2, -0.15) is 0 Å². The van der Waals surface area contributed by atoms with Gasteiger partial charge < -0.3 is 19.9 Å². The standard InChI is InChI=1S/C23H29N5O4/c1-17-6-8-26(9-7-17)20-4-3-19(14-21(20)28(30)31)23(29)25-16-18-2-5-22(24-15-18)27-10-12-32-13-11-27/h2-5,14-15,17H,6-13,16H2,1H3,(H,25,29). The van der Waals surface area contributed by atoms with Gasteiger partial charge in [-0.1, -0.05) is 13.0 Å². The monoisotopic (exact) mass is 439 g/mol. The number of nitro groups is 1. The lowest BCUT2D eigenvalue weighted by Crippen LogP contribution is -2.36. The number of nitrogens with one attached hydrogen (secondary N) is 1. The van der Waals surface area contributed by atoms with Crippen molar-refractivity contribution in [2.45, 2.75) is 26.3 Å². The van der Waals surface area contributed by atoms with Crippen LogP contribution in [-0.4, -0.2) is 55.2 Å². The Morgan fingerprint density at radius 1 is 1.16 bits per heavy atom. The number of pyridine rings is 1. The van der Waals surface area contributed by atoms with E-state index in [1.54, 1.807) is 18.3 Å². The van der Waals surface area contributed by atoms with E-state index in [2.05, 4.69) is 22.1 Å². The van der Waals surface area contributed by atoms with Gasteiger partial charge in [-0.05, 0) is 42.5 Å². The van der Waals surface area contributed by atoms with Gasteiger partial charge in [-0.15, -0.1) is 0 Å². The second-order valence-electron chi connectivity index (χ2n) is 8.44. The summed E-state index contributed by atoms with van der Waals surface area (Å²) in [4.78, 5) is 32.6. The molecule has 3 heterocycles. The molecule has 2 aliphatic rings. The van der Waals surface area contributed by atoms with Crippen molar-refractivity contribution in [1.29, 1.82) is 0 Å². The molecule has 1 aromatic heterocycles.